The number of hydrogen-bond acceptors (Lipinski definition) is 4. The van der Waals surface area contributed by atoms with Crippen molar-refractivity contribution in [2.24, 2.45) is 0 Å². The first-order valence-corrected chi connectivity index (χ1v) is 8.99. The summed E-state index contributed by atoms with van der Waals surface area (Å²) in [4.78, 5) is 12.0. The second-order valence-electron chi connectivity index (χ2n) is 5.00. The molecule has 0 unspecified atom stereocenters. The fourth-order valence-corrected chi connectivity index (χ4v) is 2.60. The quantitative estimate of drug-likeness (QED) is 0.458. The molecule has 0 aliphatic heterocycles. The lowest BCUT2D eigenvalue weighted by molar-refractivity contribution is 0.0956. The van der Waals surface area contributed by atoms with Crippen LogP contribution in [0.4, 0.5) is 11.4 Å². The van der Waals surface area contributed by atoms with Crippen LogP contribution in [-0.4, -0.2) is 31.0 Å². The topological polar surface area (TPSA) is 67.2 Å². The van der Waals surface area contributed by atoms with Gasteiger partial charge in [0.2, 0.25) is 0 Å². The van der Waals surface area contributed by atoms with E-state index in [-0.39, 0.29) is 5.91 Å². The van der Waals surface area contributed by atoms with Gasteiger partial charge in [0.1, 0.15) is 0 Å². The molecule has 1 rings (SSSR count). The van der Waals surface area contributed by atoms with Crippen molar-refractivity contribution < 1.29 is 4.79 Å². The normalized spacial score (nSPS) is 10.4. The van der Waals surface area contributed by atoms with Crippen molar-refractivity contribution >= 4 is 29.0 Å². The summed E-state index contributed by atoms with van der Waals surface area (Å²) in [5, 5.41) is 6.16. The van der Waals surface area contributed by atoms with Crippen LogP contribution in [0.25, 0.3) is 0 Å². The SMILES string of the molecule is CCNC(=O)c1ccc(N)cc1NCCCCCCSC. The zero-order chi connectivity index (χ0) is 15.5. The summed E-state index contributed by atoms with van der Waals surface area (Å²) in [5.74, 6) is 1.18. The van der Waals surface area contributed by atoms with Crippen molar-refractivity contribution in [3.8, 4) is 0 Å². The van der Waals surface area contributed by atoms with Crippen LogP contribution in [0, 0.1) is 0 Å². The van der Waals surface area contributed by atoms with Crippen LogP contribution < -0.4 is 16.4 Å². The Bertz CT molecular complexity index is 438. The molecule has 0 atom stereocenters. The Balaban J connectivity index is 2.45. The number of unbranched alkanes of at least 4 members (excludes halogenated alkanes) is 3. The maximum atomic E-state index is 12.0. The van der Waals surface area contributed by atoms with Crippen LogP contribution in [0.5, 0.6) is 0 Å². The van der Waals surface area contributed by atoms with E-state index in [1.54, 1.807) is 12.1 Å². The average molecular weight is 309 g/mol. The van der Waals surface area contributed by atoms with E-state index in [1.165, 1.54) is 25.0 Å². The van der Waals surface area contributed by atoms with E-state index in [2.05, 4.69) is 16.9 Å². The number of carbonyl (C=O) groups is 1. The number of nitrogens with two attached hydrogens (primary N) is 1. The maximum absolute atomic E-state index is 12.0. The minimum atomic E-state index is -0.0556. The molecular formula is C16H27N3OS. The molecule has 0 aromatic heterocycles. The lowest BCUT2D eigenvalue weighted by Crippen LogP contribution is -2.24. The lowest BCUT2D eigenvalue weighted by atomic mass is 10.1. The van der Waals surface area contributed by atoms with Gasteiger partial charge >= 0.3 is 0 Å². The molecular weight excluding hydrogens is 282 g/mol. The molecule has 4 nitrogen and oxygen atoms in total. The summed E-state index contributed by atoms with van der Waals surface area (Å²) < 4.78 is 0. The minimum absolute atomic E-state index is 0.0556. The van der Waals surface area contributed by atoms with Crippen LogP contribution in [0.3, 0.4) is 0 Å². The molecule has 1 amide bonds. The van der Waals surface area contributed by atoms with Gasteiger partial charge in [-0.05, 0) is 50.0 Å². The van der Waals surface area contributed by atoms with Crippen LogP contribution in [0.1, 0.15) is 43.0 Å². The molecule has 0 fully saturated rings. The van der Waals surface area contributed by atoms with Crippen molar-refractivity contribution in [3.05, 3.63) is 23.8 Å². The van der Waals surface area contributed by atoms with E-state index >= 15 is 0 Å². The molecule has 0 saturated carbocycles. The molecule has 0 saturated heterocycles. The van der Waals surface area contributed by atoms with Gasteiger partial charge < -0.3 is 16.4 Å². The second-order valence-corrected chi connectivity index (χ2v) is 5.98. The predicted molar refractivity (Wildman–Crippen MR) is 94.2 cm³/mol. The molecule has 0 spiro atoms. The van der Waals surface area contributed by atoms with Crippen molar-refractivity contribution in [1.82, 2.24) is 5.32 Å². The Labute approximate surface area is 132 Å². The highest BCUT2D eigenvalue weighted by Crippen LogP contribution is 2.19. The van der Waals surface area contributed by atoms with Gasteiger partial charge in [-0.25, -0.2) is 0 Å². The third kappa shape index (κ3) is 6.76. The number of rotatable bonds is 10. The fourth-order valence-electron chi connectivity index (χ4n) is 2.11. The number of thioether (sulfide) groups is 1. The Kier molecular flexibility index (Phi) is 8.74. The van der Waals surface area contributed by atoms with Gasteiger partial charge in [0, 0.05) is 24.5 Å². The summed E-state index contributed by atoms with van der Waals surface area (Å²) in [5.41, 5.74) is 7.97. The van der Waals surface area contributed by atoms with E-state index in [0.29, 0.717) is 17.8 Å². The van der Waals surface area contributed by atoms with Crippen LogP contribution in [0.2, 0.25) is 0 Å². The van der Waals surface area contributed by atoms with Gasteiger partial charge in [0.25, 0.3) is 5.91 Å². The first-order valence-electron chi connectivity index (χ1n) is 7.59. The Morgan fingerprint density at radius 1 is 1.24 bits per heavy atom. The van der Waals surface area contributed by atoms with Crippen molar-refractivity contribution in [2.75, 3.05) is 36.1 Å². The Morgan fingerprint density at radius 3 is 2.71 bits per heavy atom. The minimum Gasteiger partial charge on any atom is -0.399 e. The smallest absolute Gasteiger partial charge is 0.253 e. The molecule has 0 heterocycles. The number of nitrogens with one attached hydrogen (secondary N) is 2. The summed E-state index contributed by atoms with van der Waals surface area (Å²) >= 11 is 1.90. The van der Waals surface area contributed by atoms with Gasteiger partial charge in [0.05, 0.1) is 5.56 Å². The molecule has 118 valence electrons. The highest BCUT2D eigenvalue weighted by molar-refractivity contribution is 7.98. The number of amides is 1. The third-order valence-electron chi connectivity index (χ3n) is 3.22. The summed E-state index contributed by atoms with van der Waals surface area (Å²) in [6.07, 6.45) is 7.01. The number of benzene rings is 1. The lowest BCUT2D eigenvalue weighted by Gasteiger charge is -2.12. The van der Waals surface area contributed by atoms with Crippen LogP contribution >= 0.6 is 11.8 Å². The number of carbonyl (C=O) groups excluding carboxylic acids is 1. The van der Waals surface area contributed by atoms with Crippen LogP contribution in [0.15, 0.2) is 18.2 Å². The fraction of sp³-hybridized carbons (Fsp3) is 0.562. The largest absolute Gasteiger partial charge is 0.399 e. The molecule has 0 bridgehead atoms. The van der Waals surface area contributed by atoms with E-state index in [4.69, 9.17) is 5.73 Å². The highest BCUT2D eigenvalue weighted by atomic mass is 32.2. The predicted octanol–water partition coefficient (Wildman–Crippen LogP) is 3.35. The number of nitrogen functional groups attached to an aromatic ring is 1. The number of anilines is 2. The molecule has 4 N–H and O–H groups in total. The van der Waals surface area contributed by atoms with Gasteiger partial charge in [-0.3, -0.25) is 4.79 Å². The van der Waals surface area contributed by atoms with Crippen molar-refractivity contribution in [1.29, 1.82) is 0 Å². The van der Waals surface area contributed by atoms with E-state index in [1.807, 2.05) is 24.8 Å². The van der Waals surface area contributed by atoms with E-state index in [0.717, 1.165) is 18.7 Å². The highest BCUT2D eigenvalue weighted by Gasteiger charge is 2.10. The third-order valence-corrected chi connectivity index (χ3v) is 3.91. The summed E-state index contributed by atoms with van der Waals surface area (Å²) in [6.45, 7) is 3.41. The van der Waals surface area contributed by atoms with E-state index in [9.17, 15) is 4.79 Å². The Morgan fingerprint density at radius 2 is 2.00 bits per heavy atom. The number of hydrogen-bond donors (Lipinski definition) is 3. The van der Waals surface area contributed by atoms with E-state index < -0.39 is 0 Å². The molecule has 21 heavy (non-hydrogen) atoms. The molecule has 5 heteroatoms. The van der Waals surface area contributed by atoms with Crippen molar-refractivity contribution in [2.45, 2.75) is 32.6 Å². The molecule has 1 aromatic rings. The zero-order valence-electron chi connectivity index (χ0n) is 13.1. The van der Waals surface area contributed by atoms with Crippen LogP contribution in [-0.2, 0) is 0 Å². The Hall–Kier alpha value is -1.36. The molecule has 0 aliphatic rings. The van der Waals surface area contributed by atoms with Gasteiger partial charge in [0.15, 0.2) is 0 Å². The zero-order valence-corrected chi connectivity index (χ0v) is 13.9. The second kappa shape index (κ2) is 10.4. The van der Waals surface area contributed by atoms with Gasteiger partial charge in [-0.15, -0.1) is 0 Å². The maximum Gasteiger partial charge on any atom is 0.253 e. The summed E-state index contributed by atoms with van der Waals surface area (Å²) in [6, 6.07) is 5.37. The monoisotopic (exact) mass is 309 g/mol. The standard InChI is InChI=1S/C16H27N3OS/c1-3-18-16(20)14-9-8-13(17)12-15(14)19-10-6-4-5-7-11-21-2/h8-9,12,19H,3-7,10-11,17H2,1-2H3,(H,18,20). The van der Waals surface area contributed by atoms with Gasteiger partial charge in [-0.1, -0.05) is 12.8 Å². The average Bonchev–Trinajstić information content (AvgIpc) is 2.46. The van der Waals surface area contributed by atoms with Crippen molar-refractivity contribution in [3.63, 3.8) is 0 Å². The molecule has 1 aromatic carbocycles. The summed E-state index contributed by atoms with van der Waals surface area (Å²) in [7, 11) is 0. The molecule has 0 radical (unpaired) electrons. The first-order chi connectivity index (χ1) is 10.2. The molecule has 0 aliphatic carbocycles. The first kappa shape index (κ1) is 17.7. The van der Waals surface area contributed by atoms with Gasteiger partial charge in [-0.2, -0.15) is 11.8 Å².